The van der Waals surface area contributed by atoms with Gasteiger partial charge in [0.1, 0.15) is 11.3 Å². The van der Waals surface area contributed by atoms with Crippen LogP contribution < -0.4 is 0 Å². The third-order valence-corrected chi connectivity index (χ3v) is 10.9. The van der Waals surface area contributed by atoms with Gasteiger partial charge in [0.2, 0.25) is 0 Å². The molecule has 54 heavy (non-hydrogen) atoms. The predicted molar refractivity (Wildman–Crippen MR) is 226 cm³/mol. The third-order valence-electron chi connectivity index (χ3n) is 10.9. The summed E-state index contributed by atoms with van der Waals surface area (Å²) in [6.07, 6.45) is 0. The number of fused-ring (bicyclic) bond motifs is 7. The zero-order chi connectivity index (χ0) is 35.6. The molecule has 11 rings (SSSR count). The van der Waals surface area contributed by atoms with Gasteiger partial charge in [-0.3, -0.25) is 0 Å². The summed E-state index contributed by atoms with van der Waals surface area (Å²) in [5.74, 6) is 0.841. The van der Waals surface area contributed by atoms with Gasteiger partial charge in [-0.1, -0.05) is 176 Å². The van der Waals surface area contributed by atoms with Gasteiger partial charge in [-0.25, -0.2) is 0 Å². The average molecular weight is 689 g/mol. The average Bonchev–Trinajstić information content (AvgIpc) is 3.83. The molecule has 0 N–H and O–H groups in total. The first-order chi connectivity index (χ1) is 26.8. The summed E-state index contributed by atoms with van der Waals surface area (Å²) in [5.41, 5.74) is 12.8. The highest BCUT2D eigenvalue weighted by Gasteiger charge is 2.25. The molecule has 2 aromatic heterocycles. The van der Waals surface area contributed by atoms with Crippen molar-refractivity contribution < 1.29 is 8.83 Å². The van der Waals surface area contributed by atoms with Crippen molar-refractivity contribution in [1.29, 1.82) is 0 Å². The number of rotatable bonds is 5. The van der Waals surface area contributed by atoms with Crippen LogP contribution in [0.4, 0.5) is 0 Å². The molecule has 0 saturated heterocycles. The fourth-order valence-corrected chi connectivity index (χ4v) is 8.61. The van der Waals surface area contributed by atoms with Crippen molar-refractivity contribution >= 4 is 54.5 Å². The zero-order valence-electron chi connectivity index (χ0n) is 29.3. The van der Waals surface area contributed by atoms with Gasteiger partial charge in [0.05, 0.1) is 0 Å². The van der Waals surface area contributed by atoms with E-state index in [9.17, 15) is 0 Å². The van der Waals surface area contributed by atoms with Crippen LogP contribution in [0.1, 0.15) is 0 Å². The van der Waals surface area contributed by atoms with E-state index in [0.717, 1.165) is 60.9 Å². The van der Waals surface area contributed by atoms with Crippen molar-refractivity contribution in [2.24, 2.45) is 0 Å². The molecule has 0 bridgehead atoms. The topological polar surface area (TPSA) is 26.3 Å². The normalized spacial score (nSPS) is 11.7. The highest BCUT2D eigenvalue weighted by molar-refractivity contribution is 6.27. The smallest absolute Gasteiger partial charge is 0.178 e. The summed E-state index contributed by atoms with van der Waals surface area (Å²) < 4.78 is 13.7. The molecular weight excluding hydrogens is 657 g/mol. The summed E-state index contributed by atoms with van der Waals surface area (Å²) in [4.78, 5) is 0. The van der Waals surface area contributed by atoms with Crippen molar-refractivity contribution in [1.82, 2.24) is 0 Å². The van der Waals surface area contributed by atoms with Crippen molar-refractivity contribution in [3.63, 3.8) is 0 Å². The predicted octanol–water partition coefficient (Wildman–Crippen LogP) is 15.0. The number of furan rings is 2. The van der Waals surface area contributed by atoms with Crippen LogP contribution in [-0.2, 0) is 0 Å². The lowest BCUT2D eigenvalue weighted by Crippen LogP contribution is -1.93. The lowest BCUT2D eigenvalue weighted by atomic mass is 9.83. The number of hydrogen-bond donors (Lipinski definition) is 0. The van der Waals surface area contributed by atoms with Crippen LogP contribution in [0.15, 0.2) is 203 Å². The third kappa shape index (κ3) is 4.60. The Balaban J connectivity index is 1.22. The van der Waals surface area contributed by atoms with E-state index in [4.69, 9.17) is 8.83 Å². The Bertz CT molecular complexity index is 3130. The molecule has 2 heteroatoms. The Labute approximate surface area is 312 Å². The molecule has 2 nitrogen and oxygen atoms in total. The van der Waals surface area contributed by atoms with E-state index in [0.29, 0.717) is 0 Å². The molecule has 2 heterocycles. The Morgan fingerprint density at radius 3 is 1.35 bits per heavy atom. The van der Waals surface area contributed by atoms with E-state index in [1.807, 2.05) is 6.07 Å². The second-order valence-corrected chi connectivity index (χ2v) is 13.9. The van der Waals surface area contributed by atoms with Crippen LogP contribution in [0.3, 0.4) is 0 Å². The van der Waals surface area contributed by atoms with Crippen LogP contribution >= 0.6 is 0 Å². The molecule has 9 aromatic carbocycles. The van der Waals surface area contributed by atoms with E-state index in [1.54, 1.807) is 0 Å². The van der Waals surface area contributed by atoms with Crippen molar-refractivity contribution in [2.75, 3.05) is 0 Å². The molecule has 0 spiro atoms. The minimum absolute atomic E-state index is 0.759. The molecule has 0 aliphatic heterocycles. The standard InChI is InChI=1S/C52H32O2/c1-4-17-33(18-5-1)36-23-10-11-24-37(36)47-38-25-12-14-27-40(38)48(41-28-15-13-26-39(41)47)42-29-16-30-45-49(42)44-32-31-43-46(34-19-6-2-7-20-34)50(35-21-8-3-9-22-35)54-52(43)51(44)53-45/h1-32H. The molecule has 0 fully saturated rings. The maximum atomic E-state index is 6.89. The Kier molecular flexibility index (Phi) is 6.90. The largest absolute Gasteiger partial charge is 0.452 e. The monoisotopic (exact) mass is 688 g/mol. The molecule has 0 amide bonds. The summed E-state index contributed by atoms with van der Waals surface area (Å²) >= 11 is 0. The molecule has 0 atom stereocenters. The van der Waals surface area contributed by atoms with Gasteiger partial charge in [-0.15, -0.1) is 0 Å². The minimum Gasteiger partial charge on any atom is -0.452 e. The lowest BCUT2D eigenvalue weighted by Gasteiger charge is -2.20. The van der Waals surface area contributed by atoms with E-state index >= 15 is 0 Å². The lowest BCUT2D eigenvalue weighted by molar-refractivity contribution is 0.612. The number of hydrogen-bond acceptors (Lipinski definition) is 2. The summed E-state index contributed by atoms with van der Waals surface area (Å²) in [5, 5.41) is 7.99. The first kappa shape index (κ1) is 30.5. The first-order valence-corrected chi connectivity index (χ1v) is 18.4. The van der Waals surface area contributed by atoms with E-state index in [1.165, 1.54) is 49.4 Å². The van der Waals surface area contributed by atoms with Gasteiger partial charge in [-0.05, 0) is 78.7 Å². The van der Waals surface area contributed by atoms with E-state index < -0.39 is 0 Å². The highest BCUT2D eigenvalue weighted by atomic mass is 16.4. The highest BCUT2D eigenvalue weighted by Crippen LogP contribution is 2.50. The Morgan fingerprint density at radius 2 is 0.722 bits per heavy atom. The number of benzene rings is 9. The summed E-state index contributed by atoms with van der Waals surface area (Å²) in [7, 11) is 0. The van der Waals surface area contributed by atoms with Crippen LogP contribution in [0.25, 0.3) is 110 Å². The van der Waals surface area contributed by atoms with Gasteiger partial charge >= 0.3 is 0 Å². The van der Waals surface area contributed by atoms with Crippen LogP contribution in [0, 0.1) is 0 Å². The van der Waals surface area contributed by atoms with Crippen LogP contribution in [0.5, 0.6) is 0 Å². The van der Waals surface area contributed by atoms with Gasteiger partial charge in [0.15, 0.2) is 11.2 Å². The van der Waals surface area contributed by atoms with E-state index in [2.05, 4.69) is 188 Å². The molecule has 0 radical (unpaired) electrons. The zero-order valence-corrected chi connectivity index (χ0v) is 29.3. The second-order valence-electron chi connectivity index (χ2n) is 13.9. The summed E-state index contributed by atoms with van der Waals surface area (Å²) in [6.45, 7) is 0. The Morgan fingerprint density at radius 1 is 0.259 bits per heavy atom. The van der Waals surface area contributed by atoms with Gasteiger partial charge in [0, 0.05) is 27.3 Å². The van der Waals surface area contributed by atoms with Crippen LogP contribution in [-0.4, -0.2) is 0 Å². The fraction of sp³-hybridized carbons (Fsp3) is 0. The molecular formula is C52H32O2. The quantitative estimate of drug-likeness (QED) is 0.168. The van der Waals surface area contributed by atoms with Gasteiger partial charge in [-0.2, -0.15) is 0 Å². The summed E-state index contributed by atoms with van der Waals surface area (Å²) in [6, 6.07) is 69.0. The van der Waals surface area contributed by atoms with Crippen molar-refractivity contribution in [3.05, 3.63) is 194 Å². The van der Waals surface area contributed by atoms with Crippen molar-refractivity contribution in [3.8, 4) is 55.8 Å². The molecule has 0 aliphatic carbocycles. The Hall–Kier alpha value is -7.16. The second kappa shape index (κ2) is 12.2. The molecule has 252 valence electrons. The van der Waals surface area contributed by atoms with Gasteiger partial charge in [0.25, 0.3) is 0 Å². The molecule has 0 unspecified atom stereocenters. The maximum absolute atomic E-state index is 6.89. The van der Waals surface area contributed by atoms with Crippen molar-refractivity contribution in [2.45, 2.75) is 0 Å². The van der Waals surface area contributed by atoms with E-state index in [-0.39, 0.29) is 0 Å². The SMILES string of the molecule is c1ccc(-c2ccccc2-c2c3ccccc3c(-c3cccc4oc5c(ccc6c(-c7ccccc7)c(-c7ccccc7)oc65)c34)c3ccccc23)cc1. The molecule has 11 aromatic rings. The fourth-order valence-electron chi connectivity index (χ4n) is 8.61. The molecule has 0 saturated carbocycles. The first-order valence-electron chi connectivity index (χ1n) is 18.4. The maximum Gasteiger partial charge on any atom is 0.178 e. The van der Waals surface area contributed by atoms with Gasteiger partial charge < -0.3 is 8.83 Å². The molecule has 0 aliphatic rings. The minimum atomic E-state index is 0.759. The van der Waals surface area contributed by atoms with Crippen LogP contribution in [0.2, 0.25) is 0 Å².